The second-order valence-corrected chi connectivity index (χ2v) is 6.09. The first-order valence-electron chi connectivity index (χ1n) is 7.36. The molecule has 3 heteroatoms. The summed E-state index contributed by atoms with van der Waals surface area (Å²) in [7, 11) is 0. The molecule has 0 bridgehead atoms. The SMILES string of the molecule is CCOC(=O)C1CC2=C1[C@H](C(C)C)C(C(C)=O)CC2. The summed E-state index contributed by atoms with van der Waals surface area (Å²) in [5, 5.41) is 0. The zero-order valence-electron chi connectivity index (χ0n) is 12.4. The normalized spacial score (nSPS) is 29.8. The van der Waals surface area contributed by atoms with E-state index in [2.05, 4.69) is 13.8 Å². The van der Waals surface area contributed by atoms with Gasteiger partial charge >= 0.3 is 5.97 Å². The first-order chi connectivity index (χ1) is 8.97. The molecule has 0 aromatic carbocycles. The Labute approximate surface area is 115 Å². The van der Waals surface area contributed by atoms with Gasteiger partial charge in [-0.1, -0.05) is 25.0 Å². The lowest BCUT2D eigenvalue weighted by Crippen LogP contribution is -2.42. The van der Waals surface area contributed by atoms with Crippen LogP contribution < -0.4 is 0 Å². The summed E-state index contributed by atoms with van der Waals surface area (Å²) in [4.78, 5) is 23.8. The minimum absolute atomic E-state index is 0.0792. The van der Waals surface area contributed by atoms with E-state index in [0.717, 1.165) is 19.3 Å². The number of esters is 1. The first kappa shape index (κ1) is 14.3. The van der Waals surface area contributed by atoms with Crippen molar-refractivity contribution in [3.63, 3.8) is 0 Å². The van der Waals surface area contributed by atoms with Gasteiger partial charge in [-0.25, -0.2) is 0 Å². The highest BCUT2D eigenvalue weighted by molar-refractivity contribution is 5.83. The number of ether oxygens (including phenoxy) is 1. The number of carbonyl (C=O) groups excluding carboxylic acids is 2. The van der Waals surface area contributed by atoms with Gasteiger partial charge in [0.2, 0.25) is 0 Å². The molecule has 0 N–H and O–H groups in total. The van der Waals surface area contributed by atoms with Gasteiger partial charge in [0.15, 0.2) is 0 Å². The van der Waals surface area contributed by atoms with Crippen molar-refractivity contribution in [2.24, 2.45) is 23.7 Å². The van der Waals surface area contributed by atoms with Crippen LogP contribution in [0.1, 0.15) is 47.0 Å². The van der Waals surface area contributed by atoms with Crippen LogP contribution in [0.25, 0.3) is 0 Å². The lowest BCUT2D eigenvalue weighted by atomic mass is 9.58. The van der Waals surface area contributed by atoms with Crippen molar-refractivity contribution in [2.75, 3.05) is 6.61 Å². The maximum Gasteiger partial charge on any atom is 0.313 e. The summed E-state index contributed by atoms with van der Waals surface area (Å²) < 4.78 is 5.16. The van der Waals surface area contributed by atoms with Gasteiger partial charge in [-0.05, 0) is 44.9 Å². The molecule has 0 aromatic heterocycles. The maximum atomic E-state index is 12.0. The molecule has 0 amide bonds. The Hall–Kier alpha value is -1.12. The van der Waals surface area contributed by atoms with E-state index in [1.54, 1.807) is 6.92 Å². The van der Waals surface area contributed by atoms with Gasteiger partial charge in [0.05, 0.1) is 12.5 Å². The van der Waals surface area contributed by atoms with Crippen LogP contribution in [-0.4, -0.2) is 18.4 Å². The zero-order chi connectivity index (χ0) is 14.2. The first-order valence-corrected chi connectivity index (χ1v) is 7.36. The Morgan fingerprint density at radius 1 is 1.37 bits per heavy atom. The molecule has 2 unspecified atom stereocenters. The predicted molar refractivity (Wildman–Crippen MR) is 73.5 cm³/mol. The van der Waals surface area contributed by atoms with Crippen LogP contribution >= 0.6 is 0 Å². The van der Waals surface area contributed by atoms with Gasteiger partial charge < -0.3 is 4.74 Å². The Morgan fingerprint density at radius 3 is 2.58 bits per heavy atom. The summed E-state index contributed by atoms with van der Waals surface area (Å²) in [6, 6.07) is 0. The van der Waals surface area contributed by atoms with Crippen LogP contribution in [0.15, 0.2) is 11.1 Å². The number of rotatable bonds is 4. The summed E-state index contributed by atoms with van der Waals surface area (Å²) in [5.74, 6) is 0.817. The Morgan fingerprint density at radius 2 is 2.05 bits per heavy atom. The van der Waals surface area contributed by atoms with Crippen LogP contribution in [0.4, 0.5) is 0 Å². The van der Waals surface area contributed by atoms with Gasteiger partial charge in [0, 0.05) is 5.92 Å². The van der Waals surface area contributed by atoms with Gasteiger partial charge in [0.1, 0.15) is 5.78 Å². The Bertz CT molecular complexity index is 420. The molecule has 0 heterocycles. The van der Waals surface area contributed by atoms with Crippen LogP contribution in [-0.2, 0) is 14.3 Å². The predicted octanol–water partition coefficient (Wildman–Crippen LogP) is 3.14. The molecular weight excluding hydrogens is 240 g/mol. The van der Waals surface area contributed by atoms with E-state index in [4.69, 9.17) is 4.74 Å². The standard InChI is InChI=1S/C16H24O3/c1-5-19-16(18)13-8-11-6-7-12(10(4)17)14(9(2)3)15(11)13/h9,12-14H,5-8H2,1-4H3/t12?,13?,14-/m1/s1. The van der Waals surface area contributed by atoms with Crippen molar-refractivity contribution in [3.8, 4) is 0 Å². The zero-order valence-corrected chi connectivity index (χ0v) is 12.4. The van der Waals surface area contributed by atoms with E-state index in [-0.39, 0.29) is 29.5 Å². The quantitative estimate of drug-likeness (QED) is 0.578. The van der Waals surface area contributed by atoms with Crippen LogP contribution in [0.3, 0.4) is 0 Å². The number of hydrogen-bond acceptors (Lipinski definition) is 3. The maximum absolute atomic E-state index is 12.0. The van der Waals surface area contributed by atoms with Gasteiger partial charge in [-0.3, -0.25) is 9.59 Å². The fourth-order valence-corrected chi connectivity index (χ4v) is 3.76. The second kappa shape index (κ2) is 5.48. The average Bonchev–Trinajstić information content (AvgIpc) is 2.29. The van der Waals surface area contributed by atoms with E-state index in [0.29, 0.717) is 12.5 Å². The number of allylic oxidation sites excluding steroid dienone is 1. The second-order valence-electron chi connectivity index (χ2n) is 6.09. The highest BCUT2D eigenvalue weighted by atomic mass is 16.5. The minimum atomic E-state index is -0.101. The molecule has 0 aromatic rings. The van der Waals surface area contributed by atoms with E-state index in [1.165, 1.54) is 11.1 Å². The van der Waals surface area contributed by atoms with Crippen molar-refractivity contribution in [1.29, 1.82) is 0 Å². The lowest BCUT2D eigenvalue weighted by Gasteiger charge is -2.45. The van der Waals surface area contributed by atoms with Crippen LogP contribution in [0.2, 0.25) is 0 Å². The third-order valence-corrected chi connectivity index (χ3v) is 4.60. The molecule has 0 saturated carbocycles. The van der Waals surface area contributed by atoms with E-state index < -0.39 is 0 Å². The molecule has 0 spiro atoms. The molecule has 2 rings (SSSR count). The van der Waals surface area contributed by atoms with Crippen molar-refractivity contribution in [3.05, 3.63) is 11.1 Å². The van der Waals surface area contributed by atoms with E-state index >= 15 is 0 Å². The third kappa shape index (κ3) is 2.47. The Balaban J connectivity index is 2.25. The average molecular weight is 264 g/mol. The van der Waals surface area contributed by atoms with Crippen LogP contribution in [0.5, 0.6) is 0 Å². The topological polar surface area (TPSA) is 43.4 Å². The van der Waals surface area contributed by atoms with Crippen molar-refractivity contribution < 1.29 is 14.3 Å². The van der Waals surface area contributed by atoms with E-state index in [1.807, 2.05) is 6.92 Å². The smallest absolute Gasteiger partial charge is 0.313 e. The number of hydrogen-bond donors (Lipinski definition) is 0. The summed E-state index contributed by atoms with van der Waals surface area (Å²) in [6.45, 7) is 8.25. The molecule has 19 heavy (non-hydrogen) atoms. The third-order valence-electron chi connectivity index (χ3n) is 4.60. The van der Waals surface area contributed by atoms with Crippen molar-refractivity contribution in [1.82, 2.24) is 0 Å². The van der Waals surface area contributed by atoms with Crippen LogP contribution in [0, 0.1) is 23.7 Å². The molecule has 0 aliphatic heterocycles. The minimum Gasteiger partial charge on any atom is -0.466 e. The molecule has 2 aliphatic carbocycles. The molecule has 3 atom stereocenters. The monoisotopic (exact) mass is 264 g/mol. The highest BCUT2D eigenvalue weighted by Crippen LogP contribution is 2.52. The van der Waals surface area contributed by atoms with Gasteiger partial charge in [-0.2, -0.15) is 0 Å². The molecule has 0 saturated heterocycles. The van der Waals surface area contributed by atoms with Gasteiger partial charge in [-0.15, -0.1) is 0 Å². The molecule has 2 aliphatic rings. The fourth-order valence-electron chi connectivity index (χ4n) is 3.76. The molecule has 0 fully saturated rings. The summed E-state index contributed by atoms with van der Waals surface area (Å²) in [5.41, 5.74) is 2.65. The van der Waals surface area contributed by atoms with E-state index in [9.17, 15) is 9.59 Å². The van der Waals surface area contributed by atoms with Crippen molar-refractivity contribution >= 4 is 11.8 Å². The largest absolute Gasteiger partial charge is 0.466 e. The molecular formula is C16H24O3. The Kier molecular flexibility index (Phi) is 4.12. The molecule has 106 valence electrons. The number of Topliss-reactive ketones (excluding diaryl/α,β-unsaturated/α-hetero) is 1. The van der Waals surface area contributed by atoms with Crippen molar-refractivity contribution in [2.45, 2.75) is 47.0 Å². The summed E-state index contributed by atoms with van der Waals surface area (Å²) >= 11 is 0. The highest BCUT2D eigenvalue weighted by Gasteiger charge is 2.46. The summed E-state index contributed by atoms with van der Waals surface area (Å²) in [6.07, 6.45) is 2.78. The number of ketones is 1. The molecule has 0 radical (unpaired) electrons. The number of carbonyl (C=O) groups is 2. The molecule has 3 nitrogen and oxygen atoms in total. The lowest BCUT2D eigenvalue weighted by molar-refractivity contribution is -0.148. The van der Waals surface area contributed by atoms with Gasteiger partial charge in [0.25, 0.3) is 0 Å². The fraction of sp³-hybridized carbons (Fsp3) is 0.750.